The largest absolute Gasteiger partial charge is 0.451 e. The lowest BCUT2D eigenvalue weighted by molar-refractivity contribution is -0.145. The van der Waals surface area contributed by atoms with Crippen molar-refractivity contribution < 1.29 is 39.5 Å². The summed E-state index contributed by atoms with van der Waals surface area (Å²) in [7, 11) is 0. The average molecular weight is 371 g/mol. The number of nitrogens with zero attached hydrogens (tertiary/aromatic N) is 3. The van der Waals surface area contributed by atoms with Crippen LogP contribution < -0.4 is 0 Å². The SMILES string of the molecule is N#CCc1c(F)c(F)c(F)c(-c2c(F)nc(C(F)(F)F)nc2F)c1F. The lowest BCUT2D eigenvalue weighted by Crippen LogP contribution is -2.16. The third-order valence-electron chi connectivity index (χ3n) is 2.93. The third-order valence-corrected chi connectivity index (χ3v) is 2.93. The molecule has 0 aliphatic rings. The molecular weight excluding hydrogens is 369 g/mol. The number of rotatable bonds is 2. The van der Waals surface area contributed by atoms with Gasteiger partial charge in [0.2, 0.25) is 17.7 Å². The molecule has 0 amide bonds. The van der Waals surface area contributed by atoms with Gasteiger partial charge in [-0.15, -0.1) is 0 Å². The minimum absolute atomic E-state index is 1.15. The normalized spacial score (nSPS) is 11.5. The highest BCUT2D eigenvalue weighted by Crippen LogP contribution is 2.36. The van der Waals surface area contributed by atoms with Crippen molar-refractivity contribution in [1.82, 2.24) is 9.97 Å². The molecule has 0 saturated carbocycles. The summed E-state index contributed by atoms with van der Waals surface area (Å²) in [6.07, 6.45) is -6.52. The summed E-state index contributed by atoms with van der Waals surface area (Å²) in [6.45, 7) is 0. The second-order valence-corrected chi connectivity index (χ2v) is 4.45. The molecule has 0 aliphatic carbocycles. The summed E-state index contributed by atoms with van der Waals surface area (Å²) in [4.78, 5) is 4.47. The van der Waals surface area contributed by atoms with E-state index in [2.05, 4.69) is 9.97 Å². The summed E-state index contributed by atoms with van der Waals surface area (Å²) < 4.78 is 119. The molecule has 2 rings (SSSR count). The highest BCUT2D eigenvalue weighted by atomic mass is 19.4. The molecule has 1 aromatic carbocycles. The third kappa shape index (κ3) is 3.09. The van der Waals surface area contributed by atoms with Gasteiger partial charge in [0, 0.05) is 5.56 Å². The first-order chi connectivity index (χ1) is 11.5. The predicted octanol–water partition coefficient (Wildman–Crippen LogP) is 4.06. The van der Waals surface area contributed by atoms with E-state index < -0.39 is 70.3 Å². The number of alkyl halides is 3. The molecule has 0 bridgehead atoms. The molecule has 0 spiro atoms. The van der Waals surface area contributed by atoms with Gasteiger partial charge in [0.05, 0.1) is 23.6 Å². The first-order valence-electron chi connectivity index (χ1n) is 6.03. The molecule has 25 heavy (non-hydrogen) atoms. The summed E-state index contributed by atoms with van der Waals surface area (Å²) >= 11 is 0. The van der Waals surface area contributed by atoms with Crippen LogP contribution in [0.3, 0.4) is 0 Å². The number of aromatic nitrogens is 2. The van der Waals surface area contributed by atoms with Gasteiger partial charge in [0.25, 0.3) is 0 Å². The van der Waals surface area contributed by atoms with E-state index in [0.29, 0.717) is 0 Å². The van der Waals surface area contributed by atoms with Gasteiger partial charge in [-0.25, -0.2) is 17.6 Å². The van der Waals surface area contributed by atoms with Gasteiger partial charge in [-0.2, -0.15) is 37.2 Å². The molecule has 1 aromatic heterocycles. The number of benzene rings is 1. The zero-order chi connectivity index (χ0) is 19.1. The van der Waals surface area contributed by atoms with Crippen molar-refractivity contribution in [2.75, 3.05) is 0 Å². The smallest absolute Gasteiger partial charge is 0.206 e. The van der Waals surface area contributed by atoms with Gasteiger partial charge in [-0.05, 0) is 0 Å². The number of hydrogen-bond donors (Lipinski definition) is 0. The zero-order valence-corrected chi connectivity index (χ0v) is 11.5. The van der Waals surface area contributed by atoms with Crippen LogP contribution in [0.1, 0.15) is 11.4 Å². The predicted molar refractivity (Wildman–Crippen MR) is 61.5 cm³/mol. The minimum atomic E-state index is -5.38. The van der Waals surface area contributed by atoms with Crippen molar-refractivity contribution >= 4 is 0 Å². The fourth-order valence-electron chi connectivity index (χ4n) is 1.88. The first kappa shape index (κ1) is 18.5. The van der Waals surface area contributed by atoms with E-state index in [1.165, 1.54) is 6.07 Å². The molecule has 0 saturated heterocycles. The quantitative estimate of drug-likeness (QED) is 0.346. The molecular formula is C13H2F9N3. The molecule has 0 unspecified atom stereocenters. The summed E-state index contributed by atoms with van der Waals surface area (Å²) in [5.74, 6) is -16.0. The van der Waals surface area contributed by atoms with E-state index in [9.17, 15) is 39.5 Å². The Bertz CT molecular complexity index is 876. The van der Waals surface area contributed by atoms with Crippen molar-refractivity contribution in [3.05, 3.63) is 46.6 Å². The Kier molecular flexibility index (Phi) is 4.61. The molecule has 12 heteroatoms. The van der Waals surface area contributed by atoms with Crippen LogP contribution in [0.15, 0.2) is 0 Å². The molecule has 3 nitrogen and oxygen atoms in total. The van der Waals surface area contributed by atoms with Crippen molar-refractivity contribution in [3.63, 3.8) is 0 Å². The Morgan fingerprint density at radius 3 is 1.72 bits per heavy atom. The number of halogens is 9. The second kappa shape index (κ2) is 6.23. The zero-order valence-electron chi connectivity index (χ0n) is 11.5. The van der Waals surface area contributed by atoms with Crippen LogP contribution in [0.4, 0.5) is 39.5 Å². The Hall–Kier alpha value is -2.84. The Morgan fingerprint density at radius 2 is 1.28 bits per heavy atom. The van der Waals surface area contributed by atoms with Crippen LogP contribution >= 0.6 is 0 Å². The van der Waals surface area contributed by atoms with Gasteiger partial charge >= 0.3 is 6.18 Å². The van der Waals surface area contributed by atoms with Crippen LogP contribution in [-0.2, 0) is 12.6 Å². The molecule has 0 radical (unpaired) electrons. The van der Waals surface area contributed by atoms with Crippen LogP contribution in [0.5, 0.6) is 0 Å². The van der Waals surface area contributed by atoms with Crippen LogP contribution in [0.2, 0.25) is 0 Å². The number of hydrogen-bond acceptors (Lipinski definition) is 3. The standard InChI is InChI=1S/C13H2F9N3/c14-6-3(1-2-23)7(15)9(17)8(16)4(6)5-10(18)24-12(13(20,21)22)25-11(5)19/h1H2. The van der Waals surface area contributed by atoms with Crippen molar-refractivity contribution in [2.45, 2.75) is 12.6 Å². The lowest BCUT2D eigenvalue weighted by Gasteiger charge is -2.13. The second-order valence-electron chi connectivity index (χ2n) is 4.45. The van der Waals surface area contributed by atoms with Gasteiger partial charge in [-0.3, -0.25) is 0 Å². The number of nitriles is 1. The minimum Gasteiger partial charge on any atom is -0.206 e. The Morgan fingerprint density at radius 1 is 0.760 bits per heavy atom. The average Bonchev–Trinajstić information content (AvgIpc) is 2.51. The molecule has 0 fully saturated rings. The molecule has 1 heterocycles. The van der Waals surface area contributed by atoms with Gasteiger partial charge in [0.1, 0.15) is 5.82 Å². The van der Waals surface area contributed by atoms with E-state index in [4.69, 9.17) is 5.26 Å². The fraction of sp³-hybridized carbons (Fsp3) is 0.154. The van der Waals surface area contributed by atoms with E-state index in [1.54, 1.807) is 0 Å². The molecule has 2 aromatic rings. The maximum atomic E-state index is 14.1. The summed E-state index contributed by atoms with van der Waals surface area (Å²) in [5.41, 5.74) is -5.11. The van der Waals surface area contributed by atoms with Crippen molar-refractivity contribution in [2.24, 2.45) is 0 Å². The maximum absolute atomic E-state index is 14.1. The lowest BCUT2D eigenvalue weighted by atomic mass is 10.0. The van der Waals surface area contributed by atoms with E-state index >= 15 is 0 Å². The van der Waals surface area contributed by atoms with Crippen LogP contribution in [-0.4, -0.2) is 9.97 Å². The topological polar surface area (TPSA) is 49.6 Å². The van der Waals surface area contributed by atoms with Gasteiger partial charge < -0.3 is 0 Å². The highest BCUT2D eigenvalue weighted by Gasteiger charge is 2.38. The van der Waals surface area contributed by atoms with Crippen LogP contribution in [0.25, 0.3) is 11.1 Å². The summed E-state index contributed by atoms with van der Waals surface area (Å²) in [5, 5.41) is 8.43. The van der Waals surface area contributed by atoms with Gasteiger partial charge in [-0.1, -0.05) is 0 Å². The van der Waals surface area contributed by atoms with E-state index in [0.717, 1.165) is 0 Å². The van der Waals surface area contributed by atoms with Gasteiger partial charge in [0.15, 0.2) is 17.5 Å². The molecule has 0 N–H and O–H groups in total. The van der Waals surface area contributed by atoms with E-state index in [-0.39, 0.29) is 0 Å². The first-order valence-corrected chi connectivity index (χ1v) is 6.03. The van der Waals surface area contributed by atoms with E-state index in [1.807, 2.05) is 0 Å². The Balaban J connectivity index is 2.86. The molecule has 132 valence electrons. The summed E-state index contributed by atoms with van der Waals surface area (Å²) in [6, 6.07) is 1.21. The monoisotopic (exact) mass is 371 g/mol. The molecule has 0 atom stereocenters. The van der Waals surface area contributed by atoms with Crippen LogP contribution in [0, 0.1) is 46.5 Å². The maximum Gasteiger partial charge on any atom is 0.451 e. The molecule has 0 aliphatic heterocycles. The van der Waals surface area contributed by atoms with Crippen molar-refractivity contribution in [3.8, 4) is 17.2 Å². The van der Waals surface area contributed by atoms with Crippen molar-refractivity contribution in [1.29, 1.82) is 5.26 Å². The fourth-order valence-corrected chi connectivity index (χ4v) is 1.88. The highest BCUT2D eigenvalue weighted by molar-refractivity contribution is 5.66. The Labute approximate surface area is 132 Å².